The van der Waals surface area contributed by atoms with Gasteiger partial charge in [-0.25, -0.2) is 4.98 Å². The zero-order valence-electron chi connectivity index (χ0n) is 11.2. The average Bonchev–Trinajstić information content (AvgIpc) is 3.09. The van der Waals surface area contributed by atoms with E-state index in [1.165, 1.54) is 17.8 Å². The van der Waals surface area contributed by atoms with Crippen molar-refractivity contribution in [3.8, 4) is 0 Å². The fourth-order valence-corrected chi connectivity index (χ4v) is 4.18. The van der Waals surface area contributed by atoms with Gasteiger partial charge in [0.15, 0.2) is 0 Å². The number of nitrogens with one attached hydrogen (secondary N) is 1. The van der Waals surface area contributed by atoms with Crippen LogP contribution >= 0.6 is 11.3 Å². The van der Waals surface area contributed by atoms with Crippen LogP contribution in [-0.4, -0.2) is 17.6 Å². The molecule has 2 nitrogen and oxygen atoms in total. The Hall–Kier alpha value is -0.670. The highest BCUT2D eigenvalue weighted by Gasteiger charge is 2.38. The van der Waals surface area contributed by atoms with E-state index in [0.717, 1.165) is 24.3 Å². The first-order chi connectivity index (χ1) is 8.74. The Morgan fingerprint density at radius 1 is 1.39 bits per heavy atom. The highest BCUT2D eigenvalue weighted by molar-refractivity contribution is 7.09. The first-order valence-corrected chi connectivity index (χ1v) is 7.93. The van der Waals surface area contributed by atoms with E-state index in [0.29, 0.717) is 12.0 Å². The molecule has 0 saturated heterocycles. The first kappa shape index (κ1) is 12.4. The second kappa shape index (κ2) is 5.14. The molecule has 5 atom stereocenters. The van der Waals surface area contributed by atoms with Crippen molar-refractivity contribution in [3.05, 3.63) is 28.7 Å². The molecule has 3 heteroatoms. The van der Waals surface area contributed by atoms with Gasteiger partial charge in [0.25, 0.3) is 0 Å². The highest BCUT2D eigenvalue weighted by Crippen LogP contribution is 2.44. The van der Waals surface area contributed by atoms with Crippen molar-refractivity contribution in [1.82, 2.24) is 10.3 Å². The molecule has 0 aromatic carbocycles. The van der Waals surface area contributed by atoms with Gasteiger partial charge in [0.05, 0.1) is 5.01 Å². The summed E-state index contributed by atoms with van der Waals surface area (Å²) in [6.07, 6.45) is 9.56. The van der Waals surface area contributed by atoms with Crippen molar-refractivity contribution < 1.29 is 0 Å². The number of hydrogen-bond acceptors (Lipinski definition) is 3. The second-order valence-electron chi connectivity index (χ2n) is 5.91. The molecule has 0 radical (unpaired) electrons. The van der Waals surface area contributed by atoms with E-state index in [-0.39, 0.29) is 0 Å². The molecule has 1 aromatic rings. The van der Waals surface area contributed by atoms with Crippen LogP contribution in [-0.2, 0) is 0 Å². The summed E-state index contributed by atoms with van der Waals surface area (Å²) < 4.78 is 0. The van der Waals surface area contributed by atoms with Crippen LogP contribution < -0.4 is 5.32 Å². The summed E-state index contributed by atoms with van der Waals surface area (Å²) in [7, 11) is 0. The molecule has 1 fully saturated rings. The topological polar surface area (TPSA) is 24.9 Å². The Kier molecular flexibility index (Phi) is 3.53. The zero-order valence-corrected chi connectivity index (χ0v) is 12.0. The number of fused-ring (bicyclic) bond motifs is 2. The van der Waals surface area contributed by atoms with E-state index in [9.17, 15) is 0 Å². The van der Waals surface area contributed by atoms with Gasteiger partial charge in [-0.1, -0.05) is 19.1 Å². The van der Waals surface area contributed by atoms with E-state index in [1.54, 1.807) is 11.3 Å². The van der Waals surface area contributed by atoms with Crippen molar-refractivity contribution in [2.24, 2.45) is 17.8 Å². The molecule has 2 bridgehead atoms. The van der Waals surface area contributed by atoms with Gasteiger partial charge in [0.1, 0.15) is 0 Å². The van der Waals surface area contributed by atoms with Crippen LogP contribution in [0.2, 0.25) is 0 Å². The Balaban J connectivity index is 1.50. The standard InChI is InChI=1S/C15H22N2S/c1-10(15-16-5-6-18-15)9-17-11(2)14-8-12-3-4-13(14)7-12/h3-6,10-14,17H,7-9H2,1-2H3. The minimum absolute atomic E-state index is 0.529. The summed E-state index contributed by atoms with van der Waals surface area (Å²) >= 11 is 1.76. The van der Waals surface area contributed by atoms with Crippen molar-refractivity contribution in [2.45, 2.75) is 38.6 Å². The van der Waals surface area contributed by atoms with Gasteiger partial charge in [-0.05, 0) is 37.5 Å². The third-order valence-corrected chi connectivity index (χ3v) is 5.60. The second-order valence-corrected chi connectivity index (χ2v) is 6.84. The first-order valence-electron chi connectivity index (χ1n) is 7.05. The van der Waals surface area contributed by atoms with E-state index in [2.05, 4.69) is 41.7 Å². The Bertz CT molecular complexity index is 412. The molecule has 3 rings (SSSR count). The summed E-state index contributed by atoms with van der Waals surface area (Å²) in [5.41, 5.74) is 0. The molecule has 1 heterocycles. The normalized spacial score (nSPS) is 32.9. The lowest BCUT2D eigenvalue weighted by Crippen LogP contribution is -2.37. The number of allylic oxidation sites excluding steroid dienone is 2. The van der Waals surface area contributed by atoms with Gasteiger partial charge in [-0.15, -0.1) is 11.3 Å². The predicted molar refractivity (Wildman–Crippen MR) is 76.8 cm³/mol. The maximum absolute atomic E-state index is 4.40. The molecule has 1 saturated carbocycles. The fourth-order valence-electron chi connectivity index (χ4n) is 3.48. The molecule has 2 aliphatic rings. The molecule has 5 unspecified atom stereocenters. The quantitative estimate of drug-likeness (QED) is 0.822. The maximum atomic E-state index is 4.40. The summed E-state index contributed by atoms with van der Waals surface area (Å²) in [6.45, 7) is 5.67. The van der Waals surface area contributed by atoms with Gasteiger partial charge >= 0.3 is 0 Å². The lowest BCUT2D eigenvalue weighted by molar-refractivity contribution is 0.324. The highest BCUT2D eigenvalue weighted by atomic mass is 32.1. The number of hydrogen-bond donors (Lipinski definition) is 1. The minimum atomic E-state index is 0.529. The molecule has 1 aromatic heterocycles. The van der Waals surface area contributed by atoms with Crippen LogP contribution in [0.25, 0.3) is 0 Å². The molecule has 0 amide bonds. The minimum Gasteiger partial charge on any atom is -0.313 e. The third kappa shape index (κ3) is 2.39. The van der Waals surface area contributed by atoms with Crippen LogP contribution in [0.15, 0.2) is 23.7 Å². The average molecular weight is 262 g/mol. The van der Waals surface area contributed by atoms with Crippen molar-refractivity contribution in [2.75, 3.05) is 6.54 Å². The van der Waals surface area contributed by atoms with Crippen LogP contribution in [0.1, 0.15) is 37.6 Å². The van der Waals surface area contributed by atoms with E-state index in [1.807, 2.05) is 6.20 Å². The smallest absolute Gasteiger partial charge is 0.0965 e. The molecule has 18 heavy (non-hydrogen) atoms. The molecule has 98 valence electrons. The fraction of sp³-hybridized carbons (Fsp3) is 0.667. The molecule has 2 aliphatic carbocycles. The van der Waals surface area contributed by atoms with Crippen molar-refractivity contribution >= 4 is 11.3 Å². The van der Waals surface area contributed by atoms with Gasteiger partial charge in [-0.2, -0.15) is 0 Å². The summed E-state index contributed by atoms with van der Waals surface area (Å²) in [6, 6.07) is 0.632. The lowest BCUT2D eigenvalue weighted by Gasteiger charge is -2.27. The molecule has 1 N–H and O–H groups in total. The molecular weight excluding hydrogens is 240 g/mol. The largest absolute Gasteiger partial charge is 0.313 e. The molecule has 0 aliphatic heterocycles. The number of aromatic nitrogens is 1. The Morgan fingerprint density at radius 2 is 2.28 bits per heavy atom. The number of rotatable bonds is 5. The SMILES string of the molecule is CC(CNC(C)C1CC2C=CC1C2)c1nccs1. The van der Waals surface area contributed by atoms with Crippen molar-refractivity contribution in [1.29, 1.82) is 0 Å². The third-order valence-electron chi connectivity index (χ3n) is 4.59. The van der Waals surface area contributed by atoms with E-state index < -0.39 is 0 Å². The van der Waals surface area contributed by atoms with Crippen LogP contribution in [0, 0.1) is 17.8 Å². The lowest BCUT2D eigenvalue weighted by atomic mass is 9.87. The molecule has 0 spiro atoms. The molecular formula is C15H22N2S. The monoisotopic (exact) mass is 262 g/mol. The summed E-state index contributed by atoms with van der Waals surface area (Å²) in [4.78, 5) is 4.40. The van der Waals surface area contributed by atoms with Crippen LogP contribution in [0.3, 0.4) is 0 Å². The van der Waals surface area contributed by atoms with E-state index >= 15 is 0 Å². The van der Waals surface area contributed by atoms with Crippen LogP contribution in [0.5, 0.6) is 0 Å². The van der Waals surface area contributed by atoms with E-state index in [4.69, 9.17) is 0 Å². The van der Waals surface area contributed by atoms with Gasteiger partial charge in [-0.3, -0.25) is 0 Å². The van der Waals surface area contributed by atoms with Gasteiger partial charge in [0.2, 0.25) is 0 Å². The summed E-state index contributed by atoms with van der Waals surface area (Å²) in [5.74, 6) is 3.10. The maximum Gasteiger partial charge on any atom is 0.0965 e. The predicted octanol–water partition coefficient (Wildman–Crippen LogP) is 3.44. The van der Waals surface area contributed by atoms with Crippen LogP contribution in [0.4, 0.5) is 0 Å². The van der Waals surface area contributed by atoms with Crippen molar-refractivity contribution in [3.63, 3.8) is 0 Å². The zero-order chi connectivity index (χ0) is 12.5. The Labute approximate surface area is 114 Å². The summed E-state index contributed by atoms with van der Waals surface area (Å²) in [5, 5.41) is 7.05. The number of nitrogens with zero attached hydrogens (tertiary/aromatic N) is 1. The Morgan fingerprint density at radius 3 is 2.89 bits per heavy atom. The van der Waals surface area contributed by atoms with Gasteiger partial charge in [0, 0.05) is 30.1 Å². The number of thiazole rings is 1. The van der Waals surface area contributed by atoms with Gasteiger partial charge < -0.3 is 5.32 Å².